The fraction of sp³-hybridized carbons (Fsp3) is 0.250. The van der Waals surface area contributed by atoms with Gasteiger partial charge in [-0.2, -0.15) is 4.31 Å². The van der Waals surface area contributed by atoms with Crippen LogP contribution >= 0.6 is 0 Å². The van der Waals surface area contributed by atoms with E-state index < -0.39 is 21.8 Å². The molecule has 0 spiro atoms. The Labute approximate surface area is 168 Å². The molecule has 8 nitrogen and oxygen atoms in total. The summed E-state index contributed by atoms with van der Waals surface area (Å²) >= 11 is 0. The number of rotatable bonds is 7. The van der Waals surface area contributed by atoms with E-state index in [1.807, 2.05) is 31.2 Å². The van der Waals surface area contributed by atoms with Crippen molar-refractivity contribution in [2.75, 3.05) is 0 Å². The van der Waals surface area contributed by atoms with E-state index in [0.717, 1.165) is 5.56 Å². The lowest BCUT2D eigenvalue weighted by atomic mass is 10.2. The predicted molar refractivity (Wildman–Crippen MR) is 109 cm³/mol. The Bertz CT molecular complexity index is 1130. The Hall–Kier alpha value is -3.04. The smallest absolute Gasteiger partial charge is 0.326 e. The lowest BCUT2D eigenvalue weighted by Gasteiger charge is -2.25. The minimum Gasteiger partial charge on any atom is -0.493 e. The highest BCUT2D eigenvalue weighted by Crippen LogP contribution is 2.26. The molecule has 3 aromatic rings. The fourth-order valence-corrected chi connectivity index (χ4v) is 4.39. The highest BCUT2D eigenvalue weighted by molar-refractivity contribution is 7.89. The van der Waals surface area contributed by atoms with Gasteiger partial charge in [-0.15, -0.1) is 0 Å². The van der Waals surface area contributed by atoms with Crippen molar-refractivity contribution in [1.82, 2.24) is 14.3 Å². The lowest BCUT2D eigenvalue weighted by Crippen LogP contribution is -2.36. The van der Waals surface area contributed by atoms with Crippen LogP contribution in [0.4, 0.5) is 0 Å². The Balaban J connectivity index is 1.83. The zero-order chi connectivity index (χ0) is 21.2. The Kier molecular flexibility index (Phi) is 5.81. The number of aromatic amines is 2. The van der Waals surface area contributed by atoms with Crippen molar-refractivity contribution in [1.29, 1.82) is 0 Å². The predicted octanol–water partition coefficient (Wildman–Crippen LogP) is 3.11. The number of H-pyrrole nitrogens is 2. The van der Waals surface area contributed by atoms with Gasteiger partial charge >= 0.3 is 5.69 Å². The molecule has 0 saturated carbocycles. The molecule has 0 aliphatic heterocycles. The molecule has 0 bridgehead atoms. The summed E-state index contributed by atoms with van der Waals surface area (Å²) in [7, 11) is -3.87. The molecule has 2 aromatic carbocycles. The summed E-state index contributed by atoms with van der Waals surface area (Å²) in [6.45, 7) is 5.24. The monoisotopic (exact) mass is 417 g/mol. The maximum absolute atomic E-state index is 13.1. The molecule has 0 saturated heterocycles. The van der Waals surface area contributed by atoms with Gasteiger partial charge in [0.25, 0.3) is 0 Å². The minimum absolute atomic E-state index is 0.0832. The number of aryl methyl sites for hydroxylation is 1. The number of sulfonamides is 1. The van der Waals surface area contributed by atoms with Gasteiger partial charge in [-0.05, 0) is 57.2 Å². The number of ether oxygens (including phenoxy) is 1. The third-order valence-electron chi connectivity index (χ3n) is 4.36. The normalized spacial score (nSPS) is 11.9. The summed E-state index contributed by atoms with van der Waals surface area (Å²) < 4.78 is 33.1. The Morgan fingerprint density at radius 2 is 1.55 bits per heavy atom. The van der Waals surface area contributed by atoms with Crippen molar-refractivity contribution in [2.24, 2.45) is 0 Å². The fourth-order valence-electron chi connectivity index (χ4n) is 2.78. The third-order valence-corrected chi connectivity index (χ3v) is 6.40. The number of nitrogens with zero attached hydrogens (tertiary/aromatic N) is 1. The van der Waals surface area contributed by atoms with Crippen molar-refractivity contribution in [3.8, 4) is 17.4 Å². The molecule has 0 radical (unpaired) electrons. The molecule has 3 rings (SSSR count). The van der Waals surface area contributed by atoms with Crippen LogP contribution in [0.3, 0.4) is 0 Å². The van der Waals surface area contributed by atoms with E-state index in [4.69, 9.17) is 4.74 Å². The number of hydrogen-bond acceptors (Lipinski definition) is 5. The molecule has 0 atom stereocenters. The van der Waals surface area contributed by atoms with E-state index in [9.17, 15) is 18.3 Å². The van der Waals surface area contributed by atoms with Crippen LogP contribution in [-0.2, 0) is 16.6 Å². The van der Waals surface area contributed by atoms with Crippen LogP contribution < -0.4 is 10.4 Å². The molecular formula is C20H23N3O5S. The second-order valence-corrected chi connectivity index (χ2v) is 8.83. The number of aromatic hydroxyl groups is 1. The van der Waals surface area contributed by atoms with Gasteiger partial charge in [0, 0.05) is 6.04 Å². The van der Waals surface area contributed by atoms with Crippen molar-refractivity contribution >= 4 is 10.0 Å². The van der Waals surface area contributed by atoms with Gasteiger partial charge in [0.2, 0.25) is 15.9 Å². The maximum Gasteiger partial charge on any atom is 0.326 e. The minimum atomic E-state index is -3.87. The first-order valence-electron chi connectivity index (χ1n) is 9.03. The van der Waals surface area contributed by atoms with Gasteiger partial charge in [0.1, 0.15) is 11.5 Å². The number of imidazole rings is 1. The van der Waals surface area contributed by atoms with Gasteiger partial charge in [-0.3, -0.25) is 4.98 Å². The highest BCUT2D eigenvalue weighted by atomic mass is 32.2. The summed E-state index contributed by atoms with van der Waals surface area (Å²) in [5.74, 6) is 0.788. The molecule has 0 unspecified atom stereocenters. The zero-order valence-corrected chi connectivity index (χ0v) is 17.2. The SMILES string of the molecule is Cc1ccc(Oc2ccc(S(=O)(=O)N(Cc3[nH]c(=O)[nH]c3O)C(C)C)cc2)cc1. The first-order chi connectivity index (χ1) is 13.7. The number of nitrogens with one attached hydrogen (secondary N) is 2. The van der Waals surface area contributed by atoms with E-state index in [1.54, 1.807) is 26.0 Å². The van der Waals surface area contributed by atoms with E-state index in [2.05, 4.69) is 9.97 Å². The summed E-state index contributed by atoms with van der Waals surface area (Å²) in [5, 5.41) is 9.77. The standard InChI is InChI=1S/C20H23N3O5S/c1-13(2)23(12-18-19(24)22-20(25)21-18)29(26,27)17-10-8-16(9-11-17)28-15-6-4-14(3)5-7-15/h4-11,13,24H,12H2,1-3H3,(H2,21,22,25). The van der Waals surface area contributed by atoms with Crippen LogP contribution in [0.1, 0.15) is 25.1 Å². The average molecular weight is 417 g/mol. The average Bonchev–Trinajstić information content (AvgIpc) is 2.98. The van der Waals surface area contributed by atoms with Gasteiger partial charge in [0.15, 0.2) is 0 Å². The second kappa shape index (κ2) is 8.14. The number of benzene rings is 2. The van der Waals surface area contributed by atoms with Crippen LogP contribution in [0.25, 0.3) is 0 Å². The summed E-state index contributed by atoms with van der Waals surface area (Å²) in [4.78, 5) is 16.0. The molecule has 0 aliphatic rings. The Morgan fingerprint density at radius 1 is 1.00 bits per heavy atom. The first kappa shape index (κ1) is 20.7. The first-order valence-corrected chi connectivity index (χ1v) is 10.5. The maximum atomic E-state index is 13.1. The van der Waals surface area contributed by atoms with Crippen molar-refractivity contribution in [3.05, 3.63) is 70.3 Å². The van der Waals surface area contributed by atoms with Crippen LogP contribution in [0.15, 0.2) is 58.2 Å². The highest BCUT2D eigenvalue weighted by Gasteiger charge is 2.28. The van der Waals surface area contributed by atoms with Crippen molar-refractivity contribution < 1.29 is 18.3 Å². The molecular weight excluding hydrogens is 394 g/mol. The summed E-state index contributed by atoms with van der Waals surface area (Å²) in [6, 6.07) is 13.2. The van der Waals surface area contributed by atoms with E-state index in [1.165, 1.54) is 16.4 Å². The molecule has 0 amide bonds. The van der Waals surface area contributed by atoms with Crippen LogP contribution in [0, 0.1) is 6.92 Å². The third kappa shape index (κ3) is 4.69. The van der Waals surface area contributed by atoms with E-state index in [0.29, 0.717) is 11.5 Å². The summed E-state index contributed by atoms with van der Waals surface area (Å²) in [6.07, 6.45) is 0. The van der Waals surface area contributed by atoms with E-state index >= 15 is 0 Å². The van der Waals surface area contributed by atoms with Crippen molar-refractivity contribution in [3.63, 3.8) is 0 Å². The quantitative estimate of drug-likeness (QED) is 0.546. The largest absolute Gasteiger partial charge is 0.493 e. The summed E-state index contributed by atoms with van der Waals surface area (Å²) in [5.41, 5.74) is 0.616. The molecule has 1 aromatic heterocycles. The number of hydrogen-bond donors (Lipinski definition) is 3. The molecule has 154 valence electrons. The molecule has 29 heavy (non-hydrogen) atoms. The van der Waals surface area contributed by atoms with Gasteiger partial charge in [-0.25, -0.2) is 13.2 Å². The molecule has 0 aliphatic carbocycles. The van der Waals surface area contributed by atoms with Crippen LogP contribution in [0.5, 0.6) is 17.4 Å². The van der Waals surface area contributed by atoms with Crippen LogP contribution in [0.2, 0.25) is 0 Å². The van der Waals surface area contributed by atoms with Gasteiger partial charge in [-0.1, -0.05) is 17.7 Å². The zero-order valence-electron chi connectivity index (χ0n) is 16.3. The molecule has 3 N–H and O–H groups in total. The van der Waals surface area contributed by atoms with E-state index in [-0.39, 0.29) is 23.0 Å². The molecule has 9 heteroatoms. The molecule has 0 fully saturated rings. The lowest BCUT2D eigenvalue weighted by molar-refractivity contribution is 0.337. The number of aromatic nitrogens is 2. The van der Waals surface area contributed by atoms with Gasteiger partial charge in [0.05, 0.1) is 17.1 Å². The molecule has 1 heterocycles. The van der Waals surface area contributed by atoms with Crippen molar-refractivity contribution in [2.45, 2.75) is 38.3 Å². The van der Waals surface area contributed by atoms with Gasteiger partial charge < -0.3 is 14.8 Å². The van der Waals surface area contributed by atoms with Crippen LogP contribution in [-0.4, -0.2) is 33.8 Å². The second-order valence-electron chi connectivity index (χ2n) is 6.94. The topological polar surface area (TPSA) is 115 Å². The Morgan fingerprint density at radius 3 is 2.03 bits per heavy atom.